The molecule has 0 aliphatic carbocycles. The molecule has 2 aromatic heterocycles. The summed E-state index contributed by atoms with van der Waals surface area (Å²) in [6.45, 7) is 0. The summed E-state index contributed by atoms with van der Waals surface area (Å²) in [6, 6.07) is 0.921. The highest BCUT2D eigenvalue weighted by molar-refractivity contribution is 7.13. The molecule has 0 saturated carbocycles. The van der Waals surface area contributed by atoms with Crippen molar-refractivity contribution in [1.82, 2.24) is 9.97 Å². The average Bonchev–Trinajstić information content (AvgIpc) is 2.64. The van der Waals surface area contributed by atoms with Crippen molar-refractivity contribution >= 4 is 16.5 Å². The van der Waals surface area contributed by atoms with Crippen LogP contribution in [0.5, 0.6) is 0 Å². The van der Waals surface area contributed by atoms with E-state index in [-0.39, 0.29) is 16.4 Å². The van der Waals surface area contributed by atoms with Crippen LogP contribution in [0.15, 0.2) is 23.8 Å². The average molecular weight is 245 g/mol. The molecule has 0 spiro atoms. The van der Waals surface area contributed by atoms with Crippen LogP contribution in [0.3, 0.4) is 0 Å². The maximum absolute atomic E-state index is 12.7. The molecule has 0 saturated heterocycles. The number of thiazole rings is 1. The molecule has 2 rings (SSSR count). The fourth-order valence-corrected chi connectivity index (χ4v) is 1.82. The topological polar surface area (TPSA) is 51.8 Å². The second kappa shape index (κ2) is 3.75. The van der Waals surface area contributed by atoms with Crippen molar-refractivity contribution in [3.63, 3.8) is 0 Å². The molecule has 0 aliphatic rings. The Labute approximate surface area is 92.8 Å². The largest absolute Gasteiger partial charge is 0.417 e. The van der Waals surface area contributed by atoms with Crippen molar-refractivity contribution in [2.45, 2.75) is 6.18 Å². The molecular formula is C9H6F3N3S. The normalized spacial score (nSPS) is 11.7. The Morgan fingerprint density at radius 2 is 2.06 bits per heavy atom. The summed E-state index contributed by atoms with van der Waals surface area (Å²) in [6.07, 6.45) is -2.18. The Balaban J connectivity index is 2.57. The van der Waals surface area contributed by atoms with Crippen LogP contribution in [-0.4, -0.2) is 9.97 Å². The zero-order valence-electron chi connectivity index (χ0n) is 7.82. The second-order valence-corrected chi connectivity index (χ2v) is 3.88. The highest BCUT2D eigenvalue weighted by atomic mass is 32.1. The molecule has 2 aromatic rings. The zero-order valence-corrected chi connectivity index (χ0v) is 8.64. The van der Waals surface area contributed by atoms with E-state index in [4.69, 9.17) is 5.73 Å². The molecule has 0 fully saturated rings. The van der Waals surface area contributed by atoms with Crippen LogP contribution in [0.25, 0.3) is 11.3 Å². The van der Waals surface area contributed by atoms with E-state index in [1.54, 1.807) is 0 Å². The summed E-state index contributed by atoms with van der Waals surface area (Å²) < 4.78 is 38.0. The van der Waals surface area contributed by atoms with Crippen molar-refractivity contribution < 1.29 is 13.2 Å². The minimum absolute atomic E-state index is 0.0528. The molecule has 0 atom stereocenters. The number of halogens is 3. The van der Waals surface area contributed by atoms with Gasteiger partial charge < -0.3 is 5.73 Å². The smallest absolute Gasteiger partial charge is 0.375 e. The highest BCUT2D eigenvalue weighted by Gasteiger charge is 2.34. The molecule has 0 unspecified atom stereocenters. The lowest BCUT2D eigenvalue weighted by Crippen LogP contribution is -2.07. The Hall–Kier alpha value is -1.63. The molecule has 7 heteroatoms. The third-order valence-electron chi connectivity index (χ3n) is 1.92. The molecule has 0 aromatic carbocycles. The molecule has 0 amide bonds. The number of nitrogens with zero attached hydrogens (tertiary/aromatic N) is 2. The summed E-state index contributed by atoms with van der Waals surface area (Å²) in [7, 11) is 0. The van der Waals surface area contributed by atoms with Crippen molar-refractivity contribution in [1.29, 1.82) is 0 Å². The van der Waals surface area contributed by atoms with E-state index in [1.807, 2.05) is 0 Å². The van der Waals surface area contributed by atoms with Gasteiger partial charge in [0.15, 0.2) is 5.13 Å². The SMILES string of the molecule is Nc1nc(-c2cnccc2C(F)(F)F)cs1. The van der Waals surface area contributed by atoms with Crippen LogP contribution in [0, 0.1) is 0 Å². The van der Waals surface area contributed by atoms with Gasteiger partial charge in [0, 0.05) is 23.3 Å². The monoisotopic (exact) mass is 245 g/mol. The summed E-state index contributed by atoms with van der Waals surface area (Å²) in [5.41, 5.74) is 4.77. The van der Waals surface area contributed by atoms with Gasteiger partial charge in [-0.1, -0.05) is 0 Å². The Morgan fingerprint density at radius 1 is 1.31 bits per heavy atom. The van der Waals surface area contributed by atoms with E-state index < -0.39 is 11.7 Å². The predicted octanol–water partition coefficient (Wildman–Crippen LogP) is 2.81. The minimum atomic E-state index is -4.42. The third-order valence-corrected chi connectivity index (χ3v) is 2.60. The van der Waals surface area contributed by atoms with Gasteiger partial charge in [0.25, 0.3) is 0 Å². The Morgan fingerprint density at radius 3 is 2.62 bits per heavy atom. The van der Waals surface area contributed by atoms with Gasteiger partial charge in [-0.2, -0.15) is 13.2 Å². The highest BCUT2D eigenvalue weighted by Crippen LogP contribution is 2.36. The first kappa shape index (κ1) is 10.9. The molecule has 0 aliphatic heterocycles. The molecule has 2 N–H and O–H groups in total. The van der Waals surface area contributed by atoms with E-state index in [0.29, 0.717) is 0 Å². The van der Waals surface area contributed by atoms with Crippen molar-refractivity contribution in [2.24, 2.45) is 0 Å². The van der Waals surface area contributed by atoms with Crippen LogP contribution in [0.2, 0.25) is 0 Å². The Kier molecular flexibility index (Phi) is 2.55. The van der Waals surface area contributed by atoms with Gasteiger partial charge >= 0.3 is 6.18 Å². The molecule has 0 radical (unpaired) electrons. The first-order chi connectivity index (χ1) is 7.48. The van der Waals surface area contributed by atoms with E-state index in [0.717, 1.165) is 29.8 Å². The molecule has 84 valence electrons. The number of alkyl halides is 3. The van der Waals surface area contributed by atoms with Crippen LogP contribution in [0.4, 0.5) is 18.3 Å². The summed E-state index contributed by atoms with van der Waals surface area (Å²) in [4.78, 5) is 7.48. The number of rotatable bonds is 1. The van der Waals surface area contributed by atoms with Crippen LogP contribution in [0.1, 0.15) is 5.56 Å². The van der Waals surface area contributed by atoms with Crippen LogP contribution >= 0.6 is 11.3 Å². The summed E-state index contributed by atoms with van der Waals surface area (Å²) in [5, 5.41) is 1.70. The molecule has 0 bridgehead atoms. The van der Waals surface area contributed by atoms with Crippen molar-refractivity contribution in [3.8, 4) is 11.3 Å². The predicted molar refractivity (Wildman–Crippen MR) is 54.8 cm³/mol. The van der Waals surface area contributed by atoms with E-state index in [9.17, 15) is 13.2 Å². The minimum Gasteiger partial charge on any atom is -0.375 e. The van der Waals surface area contributed by atoms with Gasteiger partial charge in [0.1, 0.15) is 0 Å². The second-order valence-electron chi connectivity index (χ2n) is 2.99. The van der Waals surface area contributed by atoms with Crippen LogP contribution in [-0.2, 0) is 6.18 Å². The van der Waals surface area contributed by atoms with Gasteiger partial charge in [-0.15, -0.1) is 11.3 Å². The fraction of sp³-hybridized carbons (Fsp3) is 0.111. The summed E-state index contributed by atoms with van der Waals surface area (Å²) >= 11 is 1.09. The molecular weight excluding hydrogens is 239 g/mol. The first-order valence-corrected chi connectivity index (χ1v) is 5.09. The standard InChI is InChI=1S/C9H6F3N3S/c10-9(11,12)6-1-2-14-3-5(6)7-4-16-8(13)15-7/h1-4H,(H2,13,15). The number of hydrogen-bond donors (Lipinski definition) is 1. The van der Waals surface area contributed by atoms with Gasteiger partial charge in [-0.25, -0.2) is 4.98 Å². The number of nitrogen functional groups attached to an aromatic ring is 1. The lowest BCUT2D eigenvalue weighted by Gasteiger charge is -2.09. The zero-order chi connectivity index (χ0) is 11.8. The van der Waals surface area contributed by atoms with E-state index >= 15 is 0 Å². The van der Waals surface area contributed by atoms with Crippen LogP contribution < -0.4 is 5.73 Å². The number of pyridine rings is 1. The molecule has 16 heavy (non-hydrogen) atoms. The van der Waals surface area contributed by atoms with Gasteiger partial charge in [-0.05, 0) is 6.07 Å². The molecule has 3 nitrogen and oxygen atoms in total. The van der Waals surface area contributed by atoms with Crippen molar-refractivity contribution in [3.05, 3.63) is 29.4 Å². The number of nitrogens with two attached hydrogens (primary N) is 1. The van der Waals surface area contributed by atoms with Crippen molar-refractivity contribution in [2.75, 3.05) is 5.73 Å². The third kappa shape index (κ3) is 1.99. The number of aromatic nitrogens is 2. The first-order valence-electron chi connectivity index (χ1n) is 4.21. The lowest BCUT2D eigenvalue weighted by molar-refractivity contribution is -0.137. The number of anilines is 1. The maximum Gasteiger partial charge on any atom is 0.417 e. The van der Waals surface area contributed by atoms with E-state index in [1.165, 1.54) is 5.38 Å². The van der Waals surface area contributed by atoms with E-state index in [2.05, 4.69) is 9.97 Å². The van der Waals surface area contributed by atoms with Gasteiger partial charge in [-0.3, -0.25) is 4.98 Å². The Bertz CT molecular complexity index is 507. The van der Waals surface area contributed by atoms with Gasteiger partial charge in [0.2, 0.25) is 0 Å². The molecule has 2 heterocycles. The quantitative estimate of drug-likeness (QED) is 0.840. The van der Waals surface area contributed by atoms with Gasteiger partial charge in [0.05, 0.1) is 11.3 Å². The lowest BCUT2D eigenvalue weighted by atomic mass is 10.1. The summed E-state index contributed by atoms with van der Waals surface area (Å²) in [5.74, 6) is 0. The number of hydrogen-bond acceptors (Lipinski definition) is 4. The fourth-order valence-electron chi connectivity index (χ4n) is 1.26. The maximum atomic E-state index is 12.7.